The van der Waals surface area contributed by atoms with Crippen molar-refractivity contribution in [2.45, 2.75) is 38.2 Å². The summed E-state index contributed by atoms with van der Waals surface area (Å²) in [6, 6.07) is 15.8. The van der Waals surface area contributed by atoms with E-state index in [1.54, 1.807) is 0 Å². The van der Waals surface area contributed by atoms with Crippen LogP contribution in [0.25, 0.3) is 11.5 Å². The number of hydrogen-bond acceptors (Lipinski definition) is 5. The summed E-state index contributed by atoms with van der Waals surface area (Å²) in [4.78, 5) is 14.9. The molecule has 1 unspecified atom stereocenters. The lowest BCUT2D eigenvalue weighted by molar-refractivity contribution is -0.130. The van der Waals surface area contributed by atoms with E-state index in [2.05, 4.69) is 24.0 Å². The van der Waals surface area contributed by atoms with Crippen molar-refractivity contribution in [2.24, 2.45) is 0 Å². The lowest BCUT2D eigenvalue weighted by Crippen LogP contribution is -2.33. The summed E-state index contributed by atoms with van der Waals surface area (Å²) in [5.74, 6) is 0.514. The molecule has 146 valence electrons. The fraction of sp³-hybridized carbons (Fsp3) is 0.318. The number of carbonyl (C=O) groups excluding carboxylic acids is 1. The zero-order valence-corrected chi connectivity index (χ0v) is 17.5. The third-order valence-corrected chi connectivity index (χ3v) is 5.86. The van der Waals surface area contributed by atoms with Crippen molar-refractivity contribution in [2.75, 3.05) is 13.1 Å². The predicted molar refractivity (Wildman–Crippen MR) is 112 cm³/mol. The molecule has 0 bridgehead atoms. The standard InChI is InChI=1S/C22H25N3O2S/c1-5-25(6-2)21(26)19(17-10-8-7-9-11-17)28-22-24-23-20(27-22)18-13-12-15(3)16(4)14-18/h7-14,19H,5-6H2,1-4H3. The number of thioether (sulfide) groups is 1. The van der Waals surface area contributed by atoms with Gasteiger partial charge in [-0.2, -0.15) is 0 Å². The van der Waals surface area contributed by atoms with Crippen molar-refractivity contribution in [3.63, 3.8) is 0 Å². The molecule has 0 aliphatic rings. The molecule has 1 amide bonds. The molecule has 0 spiro atoms. The van der Waals surface area contributed by atoms with Crippen molar-refractivity contribution in [3.8, 4) is 11.5 Å². The van der Waals surface area contributed by atoms with Gasteiger partial charge in [0.15, 0.2) is 0 Å². The Labute approximate surface area is 170 Å². The van der Waals surface area contributed by atoms with Gasteiger partial charge in [-0.15, -0.1) is 10.2 Å². The first kappa shape index (κ1) is 20.1. The van der Waals surface area contributed by atoms with Gasteiger partial charge in [0.05, 0.1) is 0 Å². The van der Waals surface area contributed by atoms with Crippen molar-refractivity contribution in [3.05, 3.63) is 65.2 Å². The molecule has 0 fully saturated rings. The Morgan fingerprint density at radius 3 is 2.39 bits per heavy atom. The van der Waals surface area contributed by atoms with E-state index in [4.69, 9.17) is 4.42 Å². The van der Waals surface area contributed by atoms with E-state index in [9.17, 15) is 4.79 Å². The fourth-order valence-corrected chi connectivity index (χ4v) is 3.90. The van der Waals surface area contributed by atoms with E-state index in [0.29, 0.717) is 24.2 Å². The molecule has 6 heteroatoms. The number of rotatable bonds is 7. The van der Waals surface area contributed by atoms with Crippen LogP contribution in [0.2, 0.25) is 0 Å². The maximum Gasteiger partial charge on any atom is 0.277 e. The number of aromatic nitrogens is 2. The van der Waals surface area contributed by atoms with Gasteiger partial charge < -0.3 is 9.32 Å². The van der Waals surface area contributed by atoms with Crippen molar-refractivity contribution >= 4 is 17.7 Å². The van der Waals surface area contributed by atoms with Crippen LogP contribution in [0.4, 0.5) is 0 Å². The average Bonchev–Trinajstić information content (AvgIpc) is 3.18. The second-order valence-corrected chi connectivity index (χ2v) is 7.65. The fourth-order valence-electron chi connectivity index (χ4n) is 2.94. The first-order chi connectivity index (χ1) is 13.5. The minimum Gasteiger partial charge on any atom is -0.411 e. The number of likely N-dealkylation sites (N-methyl/N-ethyl adjacent to an activating group) is 1. The molecule has 0 saturated heterocycles. The molecule has 3 rings (SSSR count). The second kappa shape index (κ2) is 9.06. The van der Waals surface area contributed by atoms with Crippen LogP contribution in [0.3, 0.4) is 0 Å². The molecule has 0 N–H and O–H groups in total. The zero-order valence-electron chi connectivity index (χ0n) is 16.7. The first-order valence-electron chi connectivity index (χ1n) is 9.45. The van der Waals surface area contributed by atoms with E-state index in [1.165, 1.54) is 22.9 Å². The number of amides is 1. The van der Waals surface area contributed by atoms with E-state index in [0.717, 1.165) is 11.1 Å². The molecule has 1 atom stereocenters. The Morgan fingerprint density at radius 2 is 1.75 bits per heavy atom. The van der Waals surface area contributed by atoms with E-state index in [1.807, 2.05) is 67.3 Å². The lowest BCUT2D eigenvalue weighted by atomic mass is 10.1. The number of hydrogen-bond donors (Lipinski definition) is 0. The van der Waals surface area contributed by atoms with Crippen molar-refractivity contribution < 1.29 is 9.21 Å². The molecule has 1 aromatic heterocycles. The molecular formula is C22H25N3O2S. The van der Waals surface area contributed by atoms with Crippen LogP contribution in [0.5, 0.6) is 0 Å². The monoisotopic (exact) mass is 395 g/mol. The van der Waals surface area contributed by atoms with E-state index < -0.39 is 5.25 Å². The highest BCUT2D eigenvalue weighted by Crippen LogP contribution is 2.37. The normalized spacial score (nSPS) is 12.0. The topological polar surface area (TPSA) is 59.2 Å². The zero-order chi connectivity index (χ0) is 20.1. The third kappa shape index (κ3) is 4.44. The Hall–Kier alpha value is -2.60. The number of nitrogens with zero attached hydrogens (tertiary/aromatic N) is 3. The summed E-state index contributed by atoms with van der Waals surface area (Å²) in [7, 11) is 0. The number of benzene rings is 2. The molecule has 5 nitrogen and oxygen atoms in total. The van der Waals surface area contributed by atoms with Gasteiger partial charge in [0.2, 0.25) is 11.8 Å². The molecule has 0 radical (unpaired) electrons. The molecular weight excluding hydrogens is 370 g/mol. The van der Waals surface area contributed by atoms with Gasteiger partial charge in [-0.05, 0) is 68.3 Å². The van der Waals surface area contributed by atoms with Gasteiger partial charge in [-0.25, -0.2) is 0 Å². The second-order valence-electron chi connectivity index (χ2n) is 6.59. The maximum atomic E-state index is 13.1. The van der Waals surface area contributed by atoms with Crippen LogP contribution < -0.4 is 0 Å². The van der Waals surface area contributed by atoms with Gasteiger partial charge in [0.25, 0.3) is 5.22 Å². The van der Waals surface area contributed by atoms with Gasteiger partial charge in [0, 0.05) is 18.7 Å². The van der Waals surface area contributed by atoms with Gasteiger partial charge in [0.1, 0.15) is 5.25 Å². The smallest absolute Gasteiger partial charge is 0.277 e. The summed E-state index contributed by atoms with van der Waals surface area (Å²) in [6.45, 7) is 9.42. The molecule has 0 saturated carbocycles. The Balaban J connectivity index is 1.88. The minimum absolute atomic E-state index is 0.0483. The number of aryl methyl sites for hydroxylation is 2. The van der Waals surface area contributed by atoms with Gasteiger partial charge >= 0.3 is 0 Å². The molecule has 0 aliphatic heterocycles. The quantitative estimate of drug-likeness (QED) is 0.524. The molecule has 3 aromatic rings. The Bertz CT molecular complexity index is 936. The van der Waals surface area contributed by atoms with Crippen molar-refractivity contribution in [1.82, 2.24) is 15.1 Å². The highest BCUT2D eigenvalue weighted by Gasteiger charge is 2.28. The third-order valence-electron chi connectivity index (χ3n) is 4.78. The summed E-state index contributed by atoms with van der Waals surface area (Å²) >= 11 is 1.30. The molecule has 28 heavy (non-hydrogen) atoms. The first-order valence-corrected chi connectivity index (χ1v) is 10.3. The van der Waals surface area contributed by atoms with E-state index >= 15 is 0 Å². The molecule has 0 aliphatic carbocycles. The number of carbonyl (C=O) groups is 1. The predicted octanol–water partition coefficient (Wildman–Crippen LogP) is 5.06. The molecule has 1 heterocycles. The van der Waals surface area contributed by atoms with Crippen LogP contribution in [0.1, 0.15) is 35.8 Å². The highest BCUT2D eigenvalue weighted by atomic mass is 32.2. The van der Waals surface area contributed by atoms with Crippen LogP contribution in [0.15, 0.2) is 58.2 Å². The van der Waals surface area contributed by atoms with Gasteiger partial charge in [-0.3, -0.25) is 4.79 Å². The van der Waals surface area contributed by atoms with Crippen LogP contribution in [-0.2, 0) is 4.79 Å². The SMILES string of the molecule is CCN(CC)C(=O)C(Sc1nnc(-c2ccc(C)c(C)c2)o1)c1ccccc1. The summed E-state index contributed by atoms with van der Waals surface area (Å²) in [5.41, 5.74) is 4.19. The minimum atomic E-state index is -0.422. The Morgan fingerprint density at radius 1 is 1.04 bits per heavy atom. The summed E-state index contributed by atoms with van der Waals surface area (Å²) < 4.78 is 5.88. The average molecular weight is 396 g/mol. The summed E-state index contributed by atoms with van der Waals surface area (Å²) in [5, 5.41) is 8.33. The largest absolute Gasteiger partial charge is 0.411 e. The molecule has 2 aromatic carbocycles. The summed E-state index contributed by atoms with van der Waals surface area (Å²) in [6.07, 6.45) is 0. The van der Waals surface area contributed by atoms with Gasteiger partial charge in [-0.1, -0.05) is 36.4 Å². The van der Waals surface area contributed by atoms with Crippen LogP contribution in [-0.4, -0.2) is 34.1 Å². The highest BCUT2D eigenvalue weighted by molar-refractivity contribution is 8.00. The maximum absolute atomic E-state index is 13.1. The van der Waals surface area contributed by atoms with Crippen LogP contribution >= 0.6 is 11.8 Å². The lowest BCUT2D eigenvalue weighted by Gasteiger charge is -2.24. The van der Waals surface area contributed by atoms with E-state index in [-0.39, 0.29) is 5.91 Å². The Kier molecular flexibility index (Phi) is 6.52. The van der Waals surface area contributed by atoms with Crippen molar-refractivity contribution in [1.29, 1.82) is 0 Å². The van der Waals surface area contributed by atoms with Crippen LogP contribution in [0, 0.1) is 13.8 Å².